The van der Waals surface area contributed by atoms with Crippen LogP contribution in [0.5, 0.6) is 0 Å². The van der Waals surface area contributed by atoms with Gasteiger partial charge in [-0.2, -0.15) is 10.2 Å². The lowest BCUT2D eigenvalue weighted by molar-refractivity contribution is 0.687. The molecule has 0 aliphatic heterocycles. The number of benzene rings is 2. The molecule has 2 aromatic heterocycles. The molecule has 0 atom stereocenters. The summed E-state index contributed by atoms with van der Waals surface area (Å²) in [5, 5.41) is 17.3. The third kappa shape index (κ3) is 5.74. The second-order valence-electron chi connectivity index (χ2n) is 6.87. The molecule has 0 bridgehead atoms. The second-order valence-corrected chi connectivity index (χ2v) is 8.91. The van der Waals surface area contributed by atoms with E-state index in [1.807, 2.05) is 36.5 Å². The van der Waals surface area contributed by atoms with Gasteiger partial charge < -0.3 is 10.6 Å². The van der Waals surface area contributed by atoms with E-state index >= 15 is 0 Å². The zero-order valence-electron chi connectivity index (χ0n) is 16.4. The van der Waals surface area contributed by atoms with Crippen molar-refractivity contribution in [2.75, 3.05) is 10.6 Å². The number of halogens is 4. The highest BCUT2D eigenvalue weighted by atomic mass is 35.5. The Hall–Kier alpha value is -2.29. The monoisotopic (exact) mass is 524 g/mol. The van der Waals surface area contributed by atoms with Crippen molar-refractivity contribution in [1.82, 2.24) is 19.6 Å². The molecule has 2 N–H and O–H groups in total. The summed E-state index contributed by atoms with van der Waals surface area (Å²) in [4.78, 5) is 0. The Morgan fingerprint density at radius 2 is 1.66 bits per heavy atom. The SMILES string of the molecule is S=C(Nc1cnn(Cc2ccccc2Cl)c1)Nc1nn(Cc2ccc(Cl)c(Cl)c2)cc1Cl. The van der Waals surface area contributed by atoms with Crippen LogP contribution in [0.3, 0.4) is 0 Å². The Balaban J connectivity index is 1.37. The van der Waals surface area contributed by atoms with Crippen molar-refractivity contribution in [1.29, 1.82) is 0 Å². The van der Waals surface area contributed by atoms with Gasteiger partial charge in [0.25, 0.3) is 0 Å². The van der Waals surface area contributed by atoms with Gasteiger partial charge >= 0.3 is 0 Å². The summed E-state index contributed by atoms with van der Waals surface area (Å²) in [6, 6.07) is 13.1. The summed E-state index contributed by atoms with van der Waals surface area (Å²) in [5.74, 6) is 0.438. The predicted molar refractivity (Wildman–Crippen MR) is 135 cm³/mol. The van der Waals surface area contributed by atoms with Gasteiger partial charge in [-0.15, -0.1) is 0 Å². The maximum absolute atomic E-state index is 6.31. The van der Waals surface area contributed by atoms with Crippen LogP contribution < -0.4 is 10.6 Å². The van der Waals surface area contributed by atoms with E-state index in [1.165, 1.54) is 0 Å². The highest BCUT2D eigenvalue weighted by molar-refractivity contribution is 7.80. The molecule has 0 amide bonds. The molecule has 164 valence electrons. The van der Waals surface area contributed by atoms with Crippen LogP contribution in [0, 0.1) is 0 Å². The summed E-state index contributed by atoms with van der Waals surface area (Å²) in [6.07, 6.45) is 5.22. The molecule has 0 aliphatic rings. The van der Waals surface area contributed by atoms with Crippen molar-refractivity contribution in [2.24, 2.45) is 0 Å². The molecule has 32 heavy (non-hydrogen) atoms. The quantitative estimate of drug-likeness (QED) is 0.278. The van der Waals surface area contributed by atoms with Crippen LogP contribution in [-0.4, -0.2) is 24.7 Å². The molecular weight excluding hydrogens is 510 g/mol. The number of anilines is 2. The van der Waals surface area contributed by atoms with E-state index < -0.39 is 0 Å². The van der Waals surface area contributed by atoms with E-state index in [2.05, 4.69) is 20.8 Å². The fourth-order valence-corrected chi connectivity index (χ4v) is 3.90. The summed E-state index contributed by atoms with van der Waals surface area (Å²) in [6.45, 7) is 1.03. The van der Waals surface area contributed by atoms with Crippen LogP contribution in [0.2, 0.25) is 20.1 Å². The summed E-state index contributed by atoms with van der Waals surface area (Å²) in [5.41, 5.74) is 2.64. The first-order valence-corrected chi connectivity index (χ1v) is 11.3. The van der Waals surface area contributed by atoms with Crippen molar-refractivity contribution in [3.63, 3.8) is 0 Å². The molecular formula is C21H16Cl4N6S. The Morgan fingerprint density at radius 3 is 2.44 bits per heavy atom. The van der Waals surface area contributed by atoms with E-state index in [-0.39, 0.29) is 0 Å². The number of hydrogen-bond donors (Lipinski definition) is 2. The van der Waals surface area contributed by atoms with Gasteiger partial charge in [0.05, 0.1) is 35.0 Å². The number of rotatable bonds is 6. The van der Waals surface area contributed by atoms with Crippen molar-refractivity contribution in [2.45, 2.75) is 13.1 Å². The third-order valence-electron chi connectivity index (χ3n) is 4.46. The Kier molecular flexibility index (Phi) is 7.23. The van der Waals surface area contributed by atoms with Gasteiger partial charge in [-0.1, -0.05) is 70.7 Å². The minimum absolute atomic E-state index is 0.337. The van der Waals surface area contributed by atoms with Crippen LogP contribution in [0.25, 0.3) is 0 Å². The van der Waals surface area contributed by atoms with Crippen LogP contribution in [-0.2, 0) is 13.1 Å². The number of nitrogens with one attached hydrogen (secondary N) is 2. The van der Waals surface area contributed by atoms with Crippen molar-refractivity contribution >= 4 is 75.2 Å². The standard InChI is InChI=1S/C21H16Cl4N6S/c22-16-4-2-1-3-14(16)10-30-11-15(8-26-30)27-21(32)28-20-19(25)12-31(29-20)9-13-5-6-17(23)18(24)7-13/h1-8,11-12H,9-10H2,(H2,27,28,29,32). The second kappa shape index (κ2) is 10.1. The minimum Gasteiger partial charge on any atom is -0.330 e. The lowest BCUT2D eigenvalue weighted by Crippen LogP contribution is -2.19. The van der Waals surface area contributed by atoms with Gasteiger partial charge in [0, 0.05) is 17.4 Å². The van der Waals surface area contributed by atoms with Gasteiger partial charge in [0.15, 0.2) is 10.9 Å². The minimum atomic E-state index is 0.337. The van der Waals surface area contributed by atoms with Crippen molar-refractivity contribution in [3.8, 4) is 0 Å². The van der Waals surface area contributed by atoms with Gasteiger partial charge in [0.2, 0.25) is 0 Å². The Labute approximate surface area is 210 Å². The molecule has 0 saturated heterocycles. The Bertz CT molecular complexity index is 1270. The zero-order valence-corrected chi connectivity index (χ0v) is 20.2. The van der Waals surface area contributed by atoms with E-state index in [9.17, 15) is 0 Å². The fraction of sp³-hybridized carbons (Fsp3) is 0.0952. The number of nitrogens with zero attached hydrogens (tertiary/aromatic N) is 4. The van der Waals surface area contributed by atoms with Crippen LogP contribution in [0.15, 0.2) is 61.1 Å². The van der Waals surface area contributed by atoms with Gasteiger partial charge in [-0.25, -0.2) is 0 Å². The molecule has 0 unspecified atom stereocenters. The molecule has 0 saturated carbocycles. The fourth-order valence-electron chi connectivity index (χ4n) is 2.97. The molecule has 0 fully saturated rings. The molecule has 0 aliphatic carbocycles. The van der Waals surface area contributed by atoms with Crippen LogP contribution in [0.4, 0.5) is 11.5 Å². The van der Waals surface area contributed by atoms with E-state index in [1.54, 1.807) is 33.9 Å². The molecule has 2 heterocycles. The molecule has 2 aromatic carbocycles. The highest BCUT2D eigenvalue weighted by Gasteiger charge is 2.11. The first-order chi connectivity index (χ1) is 15.4. The van der Waals surface area contributed by atoms with Crippen molar-refractivity contribution in [3.05, 3.63) is 92.3 Å². The molecule has 11 heteroatoms. The maximum atomic E-state index is 6.31. The largest absolute Gasteiger partial charge is 0.330 e. The lowest BCUT2D eigenvalue weighted by Gasteiger charge is -2.07. The number of hydrogen-bond acceptors (Lipinski definition) is 3. The summed E-state index contributed by atoms with van der Waals surface area (Å²) >= 11 is 30.0. The van der Waals surface area contributed by atoms with Gasteiger partial charge in [0.1, 0.15) is 5.02 Å². The molecule has 6 nitrogen and oxygen atoms in total. The van der Waals surface area contributed by atoms with Crippen LogP contribution in [0.1, 0.15) is 11.1 Å². The number of aromatic nitrogens is 4. The highest BCUT2D eigenvalue weighted by Crippen LogP contribution is 2.25. The van der Waals surface area contributed by atoms with E-state index in [0.29, 0.717) is 44.1 Å². The first-order valence-electron chi connectivity index (χ1n) is 9.38. The van der Waals surface area contributed by atoms with Crippen LogP contribution >= 0.6 is 58.6 Å². The third-order valence-corrected chi connectivity index (χ3v) is 6.05. The van der Waals surface area contributed by atoms with Gasteiger partial charge in [-0.3, -0.25) is 9.36 Å². The zero-order chi connectivity index (χ0) is 22.7. The normalized spacial score (nSPS) is 10.9. The lowest BCUT2D eigenvalue weighted by atomic mass is 10.2. The topological polar surface area (TPSA) is 59.7 Å². The summed E-state index contributed by atoms with van der Waals surface area (Å²) < 4.78 is 3.46. The van der Waals surface area contributed by atoms with E-state index in [0.717, 1.165) is 16.8 Å². The maximum Gasteiger partial charge on any atom is 0.176 e. The average Bonchev–Trinajstić information content (AvgIpc) is 3.32. The molecule has 0 radical (unpaired) electrons. The van der Waals surface area contributed by atoms with Gasteiger partial charge in [-0.05, 0) is 41.5 Å². The molecule has 4 aromatic rings. The average molecular weight is 526 g/mol. The Morgan fingerprint density at radius 1 is 0.844 bits per heavy atom. The van der Waals surface area contributed by atoms with E-state index in [4.69, 9.17) is 58.6 Å². The smallest absolute Gasteiger partial charge is 0.176 e. The molecule has 0 spiro atoms. The predicted octanol–water partition coefficient (Wildman–Crippen LogP) is 6.60. The first kappa shape index (κ1) is 22.9. The summed E-state index contributed by atoms with van der Waals surface area (Å²) in [7, 11) is 0. The molecule has 4 rings (SSSR count). The van der Waals surface area contributed by atoms with Crippen molar-refractivity contribution < 1.29 is 0 Å². The number of thiocarbonyl (C=S) groups is 1.